The standard InChI is InChI=1S/C20H28N4O5/c1-4-21-20(28)24-15-5-7-18(8-6-15)29-19(27)14-9-16(22-12(2)25)11-17(10-14)23-13(3)26/h9-11,15,18H,4-8H2,1-3H3,(H,22,25)(H,23,26)(H2,21,24,28). The van der Waals surface area contributed by atoms with E-state index >= 15 is 0 Å². The summed E-state index contributed by atoms with van der Waals surface area (Å²) in [7, 11) is 0. The van der Waals surface area contributed by atoms with E-state index in [1.165, 1.54) is 26.0 Å². The van der Waals surface area contributed by atoms with E-state index in [2.05, 4.69) is 21.3 Å². The van der Waals surface area contributed by atoms with Crippen molar-refractivity contribution in [3.63, 3.8) is 0 Å². The fourth-order valence-electron chi connectivity index (χ4n) is 3.24. The lowest BCUT2D eigenvalue weighted by Gasteiger charge is -2.29. The van der Waals surface area contributed by atoms with E-state index in [0.717, 1.165) is 12.8 Å². The summed E-state index contributed by atoms with van der Waals surface area (Å²) in [6.45, 7) is 5.14. The molecule has 0 saturated heterocycles. The van der Waals surface area contributed by atoms with Gasteiger partial charge in [-0.15, -0.1) is 0 Å². The van der Waals surface area contributed by atoms with Crippen molar-refractivity contribution < 1.29 is 23.9 Å². The Hall–Kier alpha value is -3.10. The molecule has 0 unspecified atom stereocenters. The van der Waals surface area contributed by atoms with Gasteiger partial charge in [0.15, 0.2) is 0 Å². The number of anilines is 2. The summed E-state index contributed by atoms with van der Waals surface area (Å²) in [4.78, 5) is 46.9. The second-order valence-corrected chi connectivity index (χ2v) is 7.04. The molecule has 0 radical (unpaired) electrons. The average Bonchev–Trinajstić information content (AvgIpc) is 2.62. The number of rotatable bonds is 6. The normalized spacial score (nSPS) is 18.3. The molecule has 9 heteroatoms. The van der Waals surface area contributed by atoms with Crippen LogP contribution < -0.4 is 21.3 Å². The van der Waals surface area contributed by atoms with Gasteiger partial charge in [0.1, 0.15) is 6.10 Å². The highest BCUT2D eigenvalue weighted by Crippen LogP contribution is 2.24. The Morgan fingerprint density at radius 2 is 1.48 bits per heavy atom. The van der Waals surface area contributed by atoms with Crippen molar-refractivity contribution in [3.05, 3.63) is 23.8 Å². The van der Waals surface area contributed by atoms with E-state index in [4.69, 9.17) is 4.74 Å². The van der Waals surface area contributed by atoms with Crippen LogP contribution >= 0.6 is 0 Å². The van der Waals surface area contributed by atoms with Crippen LogP contribution in [-0.2, 0) is 14.3 Å². The number of carbonyl (C=O) groups is 4. The van der Waals surface area contributed by atoms with Crippen LogP contribution in [0, 0.1) is 0 Å². The number of carbonyl (C=O) groups excluding carboxylic acids is 4. The molecule has 0 aliphatic heterocycles. The highest BCUT2D eigenvalue weighted by molar-refractivity contribution is 5.97. The van der Waals surface area contributed by atoms with E-state index in [1.807, 2.05) is 6.92 Å². The molecule has 0 atom stereocenters. The number of ether oxygens (including phenoxy) is 1. The summed E-state index contributed by atoms with van der Waals surface area (Å²) >= 11 is 0. The molecule has 0 bridgehead atoms. The molecule has 9 nitrogen and oxygen atoms in total. The van der Waals surface area contributed by atoms with Gasteiger partial charge < -0.3 is 26.0 Å². The predicted molar refractivity (Wildman–Crippen MR) is 109 cm³/mol. The first kappa shape index (κ1) is 22.2. The van der Waals surface area contributed by atoms with Crippen LogP contribution in [0.15, 0.2) is 18.2 Å². The molecule has 0 heterocycles. The summed E-state index contributed by atoms with van der Waals surface area (Å²) < 4.78 is 5.61. The number of urea groups is 1. The van der Waals surface area contributed by atoms with Gasteiger partial charge >= 0.3 is 12.0 Å². The fourth-order valence-corrected chi connectivity index (χ4v) is 3.24. The van der Waals surface area contributed by atoms with Crippen LogP contribution in [0.5, 0.6) is 0 Å². The van der Waals surface area contributed by atoms with Crippen molar-refractivity contribution in [2.75, 3.05) is 17.2 Å². The second-order valence-electron chi connectivity index (χ2n) is 7.04. The molecule has 1 saturated carbocycles. The van der Waals surface area contributed by atoms with E-state index in [0.29, 0.717) is 30.8 Å². The summed E-state index contributed by atoms with van der Waals surface area (Å²) in [6, 6.07) is 4.46. The molecular formula is C20H28N4O5. The topological polar surface area (TPSA) is 126 Å². The molecule has 158 valence electrons. The Kier molecular flexibility index (Phi) is 7.99. The zero-order chi connectivity index (χ0) is 21.4. The van der Waals surface area contributed by atoms with Crippen LogP contribution in [0.25, 0.3) is 0 Å². The van der Waals surface area contributed by atoms with Gasteiger partial charge in [-0.2, -0.15) is 0 Å². The summed E-state index contributed by atoms with van der Waals surface area (Å²) in [5.74, 6) is -1.10. The number of benzene rings is 1. The lowest BCUT2D eigenvalue weighted by molar-refractivity contribution is -0.115. The number of hydrogen-bond donors (Lipinski definition) is 4. The van der Waals surface area contributed by atoms with E-state index in [1.54, 1.807) is 6.07 Å². The van der Waals surface area contributed by atoms with Gasteiger partial charge in [0, 0.05) is 37.8 Å². The Morgan fingerprint density at radius 3 is 1.97 bits per heavy atom. The molecule has 1 aromatic rings. The first-order chi connectivity index (χ1) is 13.8. The third-order valence-corrected chi connectivity index (χ3v) is 4.43. The Bertz CT molecular complexity index is 738. The van der Waals surface area contributed by atoms with Crippen molar-refractivity contribution in [3.8, 4) is 0 Å². The Balaban J connectivity index is 1.98. The van der Waals surface area contributed by atoms with Crippen LogP contribution in [-0.4, -0.2) is 42.5 Å². The largest absolute Gasteiger partial charge is 0.459 e. The van der Waals surface area contributed by atoms with E-state index < -0.39 is 5.97 Å². The number of amides is 4. The van der Waals surface area contributed by atoms with E-state index in [9.17, 15) is 19.2 Å². The molecule has 4 N–H and O–H groups in total. The van der Waals surface area contributed by atoms with Gasteiger partial charge in [0.25, 0.3) is 0 Å². The maximum absolute atomic E-state index is 12.6. The molecule has 1 aliphatic rings. The Labute approximate surface area is 169 Å². The van der Waals surface area contributed by atoms with Gasteiger partial charge in [-0.05, 0) is 50.8 Å². The quantitative estimate of drug-likeness (QED) is 0.542. The minimum atomic E-state index is -0.524. The lowest BCUT2D eigenvalue weighted by Crippen LogP contribution is -2.44. The first-order valence-electron chi connectivity index (χ1n) is 9.72. The SMILES string of the molecule is CCNC(=O)NC1CCC(OC(=O)c2cc(NC(C)=O)cc(NC(C)=O)c2)CC1. The van der Waals surface area contributed by atoms with Gasteiger partial charge in [-0.1, -0.05) is 0 Å². The Morgan fingerprint density at radius 1 is 0.931 bits per heavy atom. The second kappa shape index (κ2) is 10.4. The highest BCUT2D eigenvalue weighted by atomic mass is 16.5. The summed E-state index contributed by atoms with van der Waals surface area (Å²) in [5.41, 5.74) is 1.03. The number of esters is 1. The molecule has 1 fully saturated rings. The van der Waals surface area contributed by atoms with Gasteiger partial charge in [-0.3, -0.25) is 9.59 Å². The maximum atomic E-state index is 12.6. The van der Waals surface area contributed by atoms with Crippen LogP contribution in [0.2, 0.25) is 0 Å². The summed E-state index contributed by atoms with van der Waals surface area (Å²) in [5, 5.41) is 10.8. The van der Waals surface area contributed by atoms with E-state index in [-0.39, 0.29) is 35.6 Å². The highest BCUT2D eigenvalue weighted by Gasteiger charge is 2.25. The molecule has 2 rings (SSSR count). The zero-order valence-electron chi connectivity index (χ0n) is 17.0. The van der Waals surface area contributed by atoms with Crippen molar-refractivity contribution in [1.29, 1.82) is 0 Å². The third-order valence-electron chi connectivity index (χ3n) is 4.43. The van der Waals surface area contributed by atoms with Crippen molar-refractivity contribution in [1.82, 2.24) is 10.6 Å². The third kappa shape index (κ3) is 7.44. The monoisotopic (exact) mass is 404 g/mol. The summed E-state index contributed by atoms with van der Waals surface area (Å²) in [6.07, 6.45) is 2.49. The number of nitrogens with one attached hydrogen (secondary N) is 4. The van der Waals surface area contributed by atoms with Gasteiger partial charge in [0.2, 0.25) is 11.8 Å². The molecule has 0 aromatic heterocycles. The van der Waals surface area contributed by atoms with Crippen LogP contribution in [0.4, 0.5) is 16.2 Å². The lowest BCUT2D eigenvalue weighted by atomic mass is 9.93. The minimum Gasteiger partial charge on any atom is -0.459 e. The van der Waals surface area contributed by atoms with Crippen molar-refractivity contribution in [2.24, 2.45) is 0 Å². The van der Waals surface area contributed by atoms with Crippen molar-refractivity contribution in [2.45, 2.75) is 58.6 Å². The van der Waals surface area contributed by atoms with Crippen molar-refractivity contribution >= 4 is 35.2 Å². The zero-order valence-corrected chi connectivity index (χ0v) is 17.0. The molecule has 0 spiro atoms. The molecule has 4 amide bonds. The van der Waals surface area contributed by atoms with Gasteiger partial charge in [0.05, 0.1) is 5.56 Å². The van der Waals surface area contributed by atoms with Crippen LogP contribution in [0.3, 0.4) is 0 Å². The van der Waals surface area contributed by atoms with Gasteiger partial charge in [-0.25, -0.2) is 9.59 Å². The first-order valence-corrected chi connectivity index (χ1v) is 9.72. The van der Waals surface area contributed by atoms with Crippen LogP contribution in [0.1, 0.15) is 56.8 Å². The predicted octanol–water partition coefficient (Wildman–Crippen LogP) is 2.39. The fraction of sp³-hybridized carbons (Fsp3) is 0.500. The number of hydrogen-bond acceptors (Lipinski definition) is 5. The molecule has 1 aliphatic carbocycles. The smallest absolute Gasteiger partial charge is 0.338 e. The maximum Gasteiger partial charge on any atom is 0.338 e. The average molecular weight is 404 g/mol. The minimum absolute atomic E-state index is 0.0611. The molecule has 29 heavy (non-hydrogen) atoms. The molecule has 1 aromatic carbocycles. The molecular weight excluding hydrogens is 376 g/mol.